The number of esters is 1. The highest BCUT2D eigenvalue weighted by Gasteiger charge is 2.09. The highest BCUT2D eigenvalue weighted by molar-refractivity contribution is 5.65. The first-order valence-electron chi connectivity index (χ1n) is 9.47. The smallest absolute Gasteiger partial charge is 0.330 e. The summed E-state index contributed by atoms with van der Waals surface area (Å²) in [6, 6.07) is 12.9. The molecule has 0 fully saturated rings. The molecule has 0 aliphatic rings. The number of benzene rings is 2. The summed E-state index contributed by atoms with van der Waals surface area (Å²) in [4.78, 5) is 37.2. The maximum absolute atomic E-state index is 13.8. The van der Waals surface area contributed by atoms with Crippen molar-refractivity contribution < 1.29 is 23.4 Å². The molecule has 8 nitrogen and oxygen atoms in total. The normalized spacial score (nSPS) is 10.6. The van der Waals surface area contributed by atoms with E-state index in [-0.39, 0.29) is 32.1 Å². The van der Waals surface area contributed by atoms with Gasteiger partial charge in [0.05, 0.1) is 6.61 Å². The van der Waals surface area contributed by atoms with Crippen LogP contribution in [0.4, 0.5) is 4.39 Å². The minimum absolute atomic E-state index is 0.0646. The van der Waals surface area contributed by atoms with Crippen LogP contribution in [-0.2, 0) is 27.4 Å². The van der Waals surface area contributed by atoms with Gasteiger partial charge in [-0.2, -0.15) is 0 Å². The Morgan fingerprint density at radius 3 is 2.68 bits per heavy atom. The first-order valence-corrected chi connectivity index (χ1v) is 9.47. The van der Waals surface area contributed by atoms with Crippen LogP contribution < -0.4 is 16.0 Å². The van der Waals surface area contributed by atoms with E-state index in [2.05, 4.69) is 4.98 Å². The maximum Gasteiger partial charge on any atom is 0.330 e. The van der Waals surface area contributed by atoms with Gasteiger partial charge in [0.2, 0.25) is 0 Å². The van der Waals surface area contributed by atoms with Crippen LogP contribution in [0.3, 0.4) is 0 Å². The number of halogens is 1. The van der Waals surface area contributed by atoms with Crippen molar-refractivity contribution in [2.75, 3.05) is 13.2 Å². The quantitative estimate of drug-likeness (QED) is 0.415. The average Bonchev–Trinajstić information content (AvgIpc) is 2.72. The summed E-state index contributed by atoms with van der Waals surface area (Å²) in [5, 5.41) is 0. The fourth-order valence-corrected chi connectivity index (χ4v) is 2.78. The number of carbonyl (C=O) groups excluding carboxylic acids is 1. The fraction of sp³-hybridized carbons (Fsp3) is 0.227. The number of rotatable bonds is 9. The van der Waals surface area contributed by atoms with Crippen molar-refractivity contribution in [2.24, 2.45) is 0 Å². The molecular formula is C22H21FN2O6. The zero-order chi connectivity index (χ0) is 22.2. The number of hydrogen-bond acceptors (Lipinski definition) is 6. The van der Waals surface area contributed by atoms with Crippen LogP contribution in [0.25, 0.3) is 0 Å². The highest BCUT2D eigenvalue weighted by atomic mass is 19.1. The molecule has 0 saturated carbocycles. The molecule has 3 rings (SSSR count). The molecule has 1 heterocycles. The molecular weight excluding hydrogens is 407 g/mol. The lowest BCUT2D eigenvalue weighted by Crippen LogP contribution is -2.32. The van der Waals surface area contributed by atoms with Crippen LogP contribution in [0.5, 0.6) is 11.5 Å². The lowest BCUT2D eigenvalue weighted by atomic mass is 10.1. The van der Waals surface area contributed by atoms with Crippen molar-refractivity contribution in [3.8, 4) is 11.5 Å². The van der Waals surface area contributed by atoms with Gasteiger partial charge < -0.3 is 14.2 Å². The number of aromatic nitrogens is 2. The van der Waals surface area contributed by atoms with Crippen LogP contribution in [-0.4, -0.2) is 28.7 Å². The third kappa shape index (κ3) is 6.38. The Morgan fingerprint density at radius 2 is 1.90 bits per heavy atom. The molecule has 2 aromatic carbocycles. The summed E-state index contributed by atoms with van der Waals surface area (Å²) >= 11 is 0. The minimum atomic E-state index is -0.613. The predicted molar refractivity (Wildman–Crippen MR) is 110 cm³/mol. The summed E-state index contributed by atoms with van der Waals surface area (Å²) < 4.78 is 30.7. The summed E-state index contributed by atoms with van der Waals surface area (Å²) in [5.41, 5.74) is -0.0500. The Kier molecular flexibility index (Phi) is 7.34. The van der Waals surface area contributed by atoms with Gasteiger partial charge in [-0.25, -0.2) is 9.18 Å². The summed E-state index contributed by atoms with van der Waals surface area (Å²) in [6.07, 6.45) is 1.63. The molecule has 0 amide bonds. The lowest BCUT2D eigenvalue weighted by Gasteiger charge is -2.10. The number of aromatic amines is 1. The van der Waals surface area contributed by atoms with Crippen LogP contribution in [0.2, 0.25) is 0 Å². The Morgan fingerprint density at radius 1 is 1.10 bits per heavy atom. The van der Waals surface area contributed by atoms with Gasteiger partial charge in [-0.1, -0.05) is 24.3 Å². The van der Waals surface area contributed by atoms with Crippen molar-refractivity contribution in [1.82, 2.24) is 9.55 Å². The summed E-state index contributed by atoms with van der Waals surface area (Å²) in [6.45, 7) is 1.35. The number of para-hydroxylation sites is 1. The zero-order valence-corrected chi connectivity index (χ0v) is 16.8. The molecule has 3 aromatic rings. The van der Waals surface area contributed by atoms with Gasteiger partial charge in [0.25, 0.3) is 5.56 Å². The van der Waals surface area contributed by atoms with Crippen LogP contribution in [0.15, 0.2) is 64.3 Å². The number of nitrogens with one attached hydrogen (secondary N) is 1. The molecule has 9 heteroatoms. The number of nitrogens with zero attached hydrogens (tertiary/aromatic N) is 1. The van der Waals surface area contributed by atoms with Gasteiger partial charge in [0.15, 0.2) is 11.6 Å². The molecule has 162 valence electrons. The first-order chi connectivity index (χ1) is 14.9. The molecule has 0 radical (unpaired) electrons. The second kappa shape index (κ2) is 10.4. The van der Waals surface area contributed by atoms with Gasteiger partial charge in [-0.15, -0.1) is 0 Å². The van der Waals surface area contributed by atoms with E-state index in [1.165, 1.54) is 29.8 Å². The number of carbonyl (C=O) groups is 1. The number of H-pyrrole nitrogens is 1. The Labute approximate surface area is 176 Å². The molecule has 0 unspecified atom stereocenters. The number of hydrogen-bond donors (Lipinski definition) is 1. The summed E-state index contributed by atoms with van der Waals surface area (Å²) in [5.74, 6) is -0.392. The second-order valence-corrected chi connectivity index (χ2v) is 6.62. The third-order valence-electron chi connectivity index (χ3n) is 4.21. The average molecular weight is 428 g/mol. The van der Waals surface area contributed by atoms with E-state index in [0.29, 0.717) is 11.3 Å². The zero-order valence-electron chi connectivity index (χ0n) is 16.8. The van der Waals surface area contributed by atoms with E-state index in [0.717, 1.165) is 5.56 Å². The van der Waals surface area contributed by atoms with Gasteiger partial charge in [-0.05, 0) is 29.8 Å². The minimum Gasteiger partial charge on any atom is -0.463 e. The predicted octanol–water partition coefficient (Wildman–Crippen LogP) is 2.60. The topological polar surface area (TPSA) is 99.6 Å². The van der Waals surface area contributed by atoms with E-state index in [1.807, 2.05) is 0 Å². The summed E-state index contributed by atoms with van der Waals surface area (Å²) in [7, 11) is 0. The van der Waals surface area contributed by atoms with Crippen LogP contribution in [0, 0.1) is 5.82 Å². The SMILES string of the molecule is CC(=O)OCCOCn1cc(Cc2cccc(Oc3ccccc3F)c2)c(=O)[nH]c1=O. The van der Waals surface area contributed by atoms with Gasteiger partial charge >= 0.3 is 11.7 Å². The van der Waals surface area contributed by atoms with Gasteiger partial charge in [-0.3, -0.25) is 19.1 Å². The maximum atomic E-state index is 13.8. The lowest BCUT2D eigenvalue weighted by molar-refractivity contribution is -0.142. The van der Waals surface area contributed by atoms with Crippen molar-refractivity contribution in [1.29, 1.82) is 0 Å². The second-order valence-electron chi connectivity index (χ2n) is 6.62. The van der Waals surface area contributed by atoms with E-state index < -0.39 is 23.0 Å². The van der Waals surface area contributed by atoms with Crippen molar-refractivity contribution in [3.05, 3.63) is 92.5 Å². The van der Waals surface area contributed by atoms with E-state index >= 15 is 0 Å². The Balaban J connectivity index is 1.70. The molecule has 0 saturated heterocycles. The molecule has 0 atom stereocenters. The molecule has 0 aliphatic carbocycles. The van der Waals surface area contributed by atoms with E-state index in [4.69, 9.17) is 14.2 Å². The molecule has 0 bridgehead atoms. The molecule has 0 spiro atoms. The highest BCUT2D eigenvalue weighted by Crippen LogP contribution is 2.25. The van der Waals surface area contributed by atoms with Crippen molar-refractivity contribution in [2.45, 2.75) is 20.1 Å². The largest absolute Gasteiger partial charge is 0.463 e. The van der Waals surface area contributed by atoms with Gasteiger partial charge in [0, 0.05) is 25.1 Å². The van der Waals surface area contributed by atoms with Crippen LogP contribution in [0.1, 0.15) is 18.1 Å². The fourth-order valence-electron chi connectivity index (χ4n) is 2.78. The first kappa shape index (κ1) is 22.0. The number of ether oxygens (including phenoxy) is 3. The van der Waals surface area contributed by atoms with Gasteiger partial charge in [0.1, 0.15) is 19.1 Å². The van der Waals surface area contributed by atoms with E-state index in [1.54, 1.807) is 36.4 Å². The van der Waals surface area contributed by atoms with E-state index in [9.17, 15) is 18.8 Å². The standard InChI is InChI=1S/C22H21FN2O6/c1-15(26)30-10-9-29-14-25-13-17(21(27)24-22(25)28)11-16-5-4-6-18(12-16)31-20-8-3-2-7-19(20)23/h2-8,12-13H,9-11,14H2,1H3,(H,24,27,28). The Hall–Kier alpha value is -3.72. The van der Waals surface area contributed by atoms with Crippen LogP contribution >= 0.6 is 0 Å². The molecule has 1 aromatic heterocycles. The third-order valence-corrected chi connectivity index (χ3v) is 4.21. The monoisotopic (exact) mass is 428 g/mol. The molecule has 31 heavy (non-hydrogen) atoms. The molecule has 1 N–H and O–H groups in total. The van der Waals surface area contributed by atoms with Crippen molar-refractivity contribution in [3.63, 3.8) is 0 Å². The molecule has 0 aliphatic heterocycles. The van der Waals surface area contributed by atoms with Crippen molar-refractivity contribution >= 4 is 5.97 Å². The Bertz CT molecular complexity index is 1170.